The van der Waals surface area contributed by atoms with Crippen molar-refractivity contribution in [2.45, 2.75) is 13.5 Å². The van der Waals surface area contributed by atoms with Gasteiger partial charge in [-0.1, -0.05) is 5.16 Å². The molecule has 0 saturated carbocycles. The Morgan fingerprint density at radius 2 is 1.92 bits per heavy atom. The Kier molecular flexibility index (Phi) is 4.34. The number of carbonyl (C=O) groups is 1. The predicted octanol–water partition coefficient (Wildman–Crippen LogP) is 1.47. The van der Waals surface area contributed by atoms with E-state index in [4.69, 9.17) is 4.52 Å². The van der Waals surface area contributed by atoms with Crippen LogP contribution in [0.25, 0.3) is 5.82 Å². The Morgan fingerprint density at radius 3 is 2.58 bits per heavy atom. The molecule has 4 rings (SSSR count). The highest BCUT2D eigenvalue weighted by Gasteiger charge is 2.26. The fourth-order valence-corrected chi connectivity index (χ4v) is 3.35. The van der Waals surface area contributed by atoms with E-state index in [2.05, 4.69) is 15.2 Å². The number of piperazine rings is 1. The van der Waals surface area contributed by atoms with Crippen molar-refractivity contribution >= 4 is 5.91 Å². The van der Waals surface area contributed by atoms with E-state index >= 15 is 0 Å². The van der Waals surface area contributed by atoms with E-state index < -0.39 is 0 Å². The van der Waals surface area contributed by atoms with Gasteiger partial charge in [-0.05, 0) is 19.1 Å². The lowest BCUT2D eigenvalue weighted by atomic mass is 10.2. The molecule has 0 radical (unpaired) electrons. The molecular formula is C18H22N6O2. The Bertz CT molecular complexity index is 887. The standard InChI is InChI=1S/C18H22N6O2/c1-14-11-15(26-20-14)13-22-7-9-24(10-8-22)18(25)16-12-19-21(2)17(16)23-5-3-4-6-23/h3-6,11-12H,7-10,13H2,1-2H3. The van der Waals surface area contributed by atoms with Gasteiger partial charge in [0.25, 0.3) is 5.91 Å². The normalized spacial score (nSPS) is 15.5. The van der Waals surface area contributed by atoms with Gasteiger partial charge in [-0.2, -0.15) is 5.10 Å². The van der Waals surface area contributed by atoms with Crippen LogP contribution < -0.4 is 0 Å². The Labute approximate surface area is 151 Å². The molecule has 0 atom stereocenters. The van der Waals surface area contributed by atoms with E-state index in [9.17, 15) is 4.79 Å². The number of nitrogens with zero attached hydrogens (tertiary/aromatic N) is 6. The molecule has 1 aliphatic rings. The van der Waals surface area contributed by atoms with E-state index in [1.807, 2.05) is 54.0 Å². The van der Waals surface area contributed by atoms with Crippen LogP contribution in [0.4, 0.5) is 0 Å². The number of aryl methyl sites for hydroxylation is 2. The first-order chi connectivity index (χ1) is 12.6. The van der Waals surface area contributed by atoms with Crippen molar-refractivity contribution < 1.29 is 9.32 Å². The molecule has 1 aliphatic heterocycles. The number of carbonyl (C=O) groups excluding carboxylic acids is 1. The van der Waals surface area contributed by atoms with E-state index in [-0.39, 0.29) is 5.91 Å². The second kappa shape index (κ2) is 6.80. The lowest BCUT2D eigenvalue weighted by Crippen LogP contribution is -2.48. The molecule has 0 aromatic carbocycles. The molecule has 0 bridgehead atoms. The summed E-state index contributed by atoms with van der Waals surface area (Å²) in [5.74, 6) is 1.68. The van der Waals surface area contributed by atoms with Crippen LogP contribution in [-0.4, -0.2) is 61.4 Å². The van der Waals surface area contributed by atoms with Crippen LogP contribution >= 0.6 is 0 Å². The summed E-state index contributed by atoms with van der Waals surface area (Å²) in [6, 6.07) is 5.83. The van der Waals surface area contributed by atoms with Crippen molar-refractivity contribution in [3.05, 3.63) is 53.8 Å². The second-order valence-corrected chi connectivity index (χ2v) is 6.60. The van der Waals surface area contributed by atoms with Crippen LogP contribution in [0.3, 0.4) is 0 Å². The first kappa shape index (κ1) is 16.6. The zero-order valence-electron chi connectivity index (χ0n) is 15.0. The van der Waals surface area contributed by atoms with E-state index in [0.29, 0.717) is 18.7 Å². The lowest BCUT2D eigenvalue weighted by Gasteiger charge is -2.34. The summed E-state index contributed by atoms with van der Waals surface area (Å²) >= 11 is 0. The summed E-state index contributed by atoms with van der Waals surface area (Å²) in [5, 5.41) is 8.20. The Balaban J connectivity index is 1.43. The zero-order valence-corrected chi connectivity index (χ0v) is 15.0. The summed E-state index contributed by atoms with van der Waals surface area (Å²) in [5.41, 5.74) is 1.52. The minimum absolute atomic E-state index is 0.0250. The summed E-state index contributed by atoms with van der Waals surface area (Å²) in [7, 11) is 1.85. The predicted molar refractivity (Wildman–Crippen MR) is 95.0 cm³/mol. The van der Waals surface area contributed by atoms with Gasteiger partial charge in [0.1, 0.15) is 11.4 Å². The number of rotatable bonds is 4. The van der Waals surface area contributed by atoms with Crippen LogP contribution in [0.1, 0.15) is 21.8 Å². The quantitative estimate of drug-likeness (QED) is 0.709. The second-order valence-electron chi connectivity index (χ2n) is 6.60. The van der Waals surface area contributed by atoms with Crippen LogP contribution in [-0.2, 0) is 13.6 Å². The van der Waals surface area contributed by atoms with Gasteiger partial charge in [-0.25, -0.2) is 0 Å². The number of aromatic nitrogens is 4. The van der Waals surface area contributed by atoms with Gasteiger partial charge in [-0.3, -0.25) is 14.4 Å². The molecule has 3 aromatic rings. The van der Waals surface area contributed by atoms with Gasteiger partial charge in [0.15, 0.2) is 5.76 Å². The highest BCUT2D eigenvalue weighted by Crippen LogP contribution is 2.18. The molecule has 1 fully saturated rings. The Morgan fingerprint density at radius 1 is 1.19 bits per heavy atom. The fourth-order valence-electron chi connectivity index (χ4n) is 3.35. The van der Waals surface area contributed by atoms with Gasteiger partial charge < -0.3 is 14.0 Å². The smallest absolute Gasteiger partial charge is 0.259 e. The van der Waals surface area contributed by atoms with Gasteiger partial charge in [0, 0.05) is 51.7 Å². The zero-order chi connectivity index (χ0) is 18.1. The molecule has 0 N–H and O–H groups in total. The topological polar surface area (TPSA) is 72.3 Å². The van der Waals surface area contributed by atoms with E-state index in [1.54, 1.807) is 10.9 Å². The SMILES string of the molecule is Cc1cc(CN2CCN(C(=O)c3cnn(C)c3-n3cccc3)CC2)on1. The van der Waals surface area contributed by atoms with Crippen LogP contribution in [0.5, 0.6) is 0 Å². The number of hydrogen-bond acceptors (Lipinski definition) is 5. The number of hydrogen-bond donors (Lipinski definition) is 0. The number of amides is 1. The molecule has 8 nitrogen and oxygen atoms in total. The van der Waals surface area contributed by atoms with Crippen molar-refractivity contribution in [1.29, 1.82) is 0 Å². The molecule has 8 heteroatoms. The van der Waals surface area contributed by atoms with Crippen LogP contribution in [0.2, 0.25) is 0 Å². The van der Waals surface area contributed by atoms with E-state index in [1.165, 1.54) is 0 Å². The van der Waals surface area contributed by atoms with Crippen molar-refractivity contribution in [1.82, 2.24) is 29.3 Å². The van der Waals surface area contributed by atoms with Crippen molar-refractivity contribution in [2.24, 2.45) is 7.05 Å². The molecule has 0 spiro atoms. The third-order valence-electron chi connectivity index (χ3n) is 4.70. The molecule has 1 saturated heterocycles. The third kappa shape index (κ3) is 3.15. The molecule has 26 heavy (non-hydrogen) atoms. The third-order valence-corrected chi connectivity index (χ3v) is 4.70. The van der Waals surface area contributed by atoms with Crippen molar-refractivity contribution in [3.63, 3.8) is 0 Å². The maximum absolute atomic E-state index is 13.0. The highest BCUT2D eigenvalue weighted by atomic mass is 16.5. The van der Waals surface area contributed by atoms with Crippen molar-refractivity contribution in [2.75, 3.05) is 26.2 Å². The molecule has 1 amide bonds. The lowest BCUT2D eigenvalue weighted by molar-refractivity contribution is 0.0617. The average molecular weight is 354 g/mol. The maximum atomic E-state index is 13.0. The van der Waals surface area contributed by atoms with Crippen molar-refractivity contribution in [3.8, 4) is 5.82 Å². The average Bonchev–Trinajstić information content (AvgIpc) is 3.36. The van der Waals surface area contributed by atoms with Crippen LogP contribution in [0, 0.1) is 6.92 Å². The first-order valence-corrected chi connectivity index (χ1v) is 8.71. The largest absolute Gasteiger partial charge is 0.360 e. The van der Waals surface area contributed by atoms with Crippen LogP contribution in [0.15, 0.2) is 41.3 Å². The summed E-state index contributed by atoms with van der Waals surface area (Å²) in [6.45, 7) is 5.64. The van der Waals surface area contributed by atoms with Gasteiger partial charge in [0.2, 0.25) is 0 Å². The molecule has 136 valence electrons. The molecule has 4 heterocycles. The van der Waals surface area contributed by atoms with E-state index in [0.717, 1.165) is 36.9 Å². The van der Waals surface area contributed by atoms with Gasteiger partial charge in [0.05, 0.1) is 18.4 Å². The Hall–Kier alpha value is -2.87. The minimum atomic E-state index is 0.0250. The summed E-state index contributed by atoms with van der Waals surface area (Å²) < 4.78 is 8.94. The maximum Gasteiger partial charge on any atom is 0.259 e. The fraction of sp³-hybridized carbons (Fsp3) is 0.389. The minimum Gasteiger partial charge on any atom is -0.360 e. The molecule has 3 aromatic heterocycles. The first-order valence-electron chi connectivity index (χ1n) is 8.71. The molecule has 0 unspecified atom stereocenters. The summed E-state index contributed by atoms with van der Waals surface area (Å²) in [4.78, 5) is 17.2. The highest BCUT2D eigenvalue weighted by molar-refractivity contribution is 5.97. The van der Waals surface area contributed by atoms with Gasteiger partial charge in [-0.15, -0.1) is 0 Å². The van der Waals surface area contributed by atoms with Gasteiger partial charge >= 0.3 is 0 Å². The molecular weight excluding hydrogens is 332 g/mol. The monoisotopic (exact) mass is 354 g/mol. The summed E-state index contributed by atoms with van der Waals surface area (Å²) in [6.07, 6.45) is 5.50. The molecule has 0 aliphatic carbocycles.